The number of amides is 3. The minimum absolute atomic E-state index is 0.0416. The zero-order chi connectivity index (χ0) is 31.3. The van der Waals surface area contributed by atoms with Crippen molar-refractivity contribution < 1.29 is 34.2 Å². The Hall–Kier alpha value is -4.24. The first-order valence-corrected chi connectivity index (χ1v) is 15.1. The SMILES string of the molecule is CON=C(C(=O)NC1C(=O)N2C(C(=O)O)=C(/C=C/CSc3cc(N)nc(N)n3)CSC12)c1csc(NC(=O)[C@@H](N)CO)n1. The maximum absolute atomic E-state index is 13.1. The number of carboxylic acids is 1. The van der Waals surface area contributed by atoms with Gasteiger partial charge in [-0.2, -0.15) is 4.98 Å². The topological polar surface area (TPSA) is 274 Å². The number of nitrogen functional groups attached to an aromatic ring is 2. The van der Waals surface area contributed by atoms with E-state index in [4.69, 9.17) is 27.1 Å². The van der Waals surface area contributed by atoms with Crippen molar-refractivity contribution in [2.75, 3.05) is 42.0 Å². The average molecular weight is 651 g/mol. The van der Waals surface area contributed by atoms with E-state index in [0.717, 1.165) is 16.2 Å². The summed E-state index contributed by atoms with van der Waals surface area (Å²) in [6.45, 7) is -0.569. The predicted octanol–water partition coefficient (Wildman–Crippen LogP) is -1.21. The maximum Gasteiger partial charge on any atom is 0.352 e. The van der Waals surface area contributed by atoms with E-state index in [1.54, 1.807) is 18.2 Å². The van der Waals surface area contributed by atoms with Crippen molar-refractivity contribution in [2.45, 2.75) is 22.5 Å². The Kier molecular flexibility index (Phi) is 10.2. The molecule has 3 amide bonds. The van der Waals surface area contributed by atoms with E-state index in [-0.39, 0.29) is 39.8 Å². The van der Waals surface area contributed by atoms with Gasteiger partial charge in [-0.1, -0.05) is 17.3 Å². The van der Waals surface area contributed by atoms with Crippen LogP contribution >= 0.6 is 34.9 Å². The van der Waals surface area contributed by atoms with Gasteiger partial charge in [0.25, 0.3) is 11.8 Å². The number of hydrogen-bond donors (Lipinski definition) is 7. The highest BCUT2D eigenvalue weighted by atomic mass is 32.2. The molecule has 43 heavy (non-hydrogen) atoms. The molecule has 0 bridgehead atoms. The summed E-state index contributed by atoms with van der Waals surface area (Å²) in [5.74, 6) is -2.42. The fraction of sp³-hybridized carbons (Fsp3) is 0.304. The number of aliphatic hydroxyl groups is 1. The number of rotatable bonds is 12. The lowest BCUT2D eigenvalue weighted by Gasteiger charge is -2.49. The summed E-state index contributed by atoms with van der Waals surface area (Å²) >= 11 is 3.57. The summed E-state index contributed by atoms with van der Waals surface area (Å²) in [6.07, 6.45) is 3.36. The number of anilines is 3. The average Bonchev–Trinajstić information content (AvgIpc) is 3.42. The van der Waals surface area contributed by atoms with Gasteiger partial charge < -0.3 is 42.9 Å². The first-order valence-electron chi connectivity index (χ1n) is 12.2. The third-order valence-electron chi connectivity index (χ3n) is 5.78. The number of nitrogens with two attached hydrogens (primary N) is 3. The van der Waals surface area contributed by atoms with Gasteiger partial charge in [-0.3, -0.25) is 19.3 Å². The number of aliphatic hydroxyl groups excluding tert-OH is 1. The number of nitrogens with zero attached hydrogens (tertiary/aromatic N) is 5. The van der Waals surface area contributed by atoms with Crippen LogP contribution in [-0.2, 0) is 24.0 Å². The maximum atomic E-state index is 13.1. The Labute approximate surface area is 256 Å². The summed E-state index contributed by atoms with van der Waals surface area (Å²) in [4.78, 5) is 68.2. The summed E-state index contributed by atoms with van der Waals surface area (Å²) < 4.78 is 0. The molecule has 0 radical (unpaired) electrons. The van der Waals surface area contributed by atoms with Gasteiger partial charge in [-0.15, -0.1) is 34.9 Å². The number of carboxylic acid groups (broad SMARTS) is 1. The van der Waals surface area contributed by atoms with Crippen LogP contribution in [0.1, 0.15) is 5.69 Å². The molecule has 0 spiro atoms. The molecule has 2 aromatic rings. The molecule has 228 valence electrons. The van der Waals surface area contributed by atoms with E-state index in [0.29, 0.717) is 16.4 Å². The van der Waals surface area contributed by atoms with Crippen LogP contribution in [0, 0.1) is 0 Å². The number of carbonyl (C=O) groups is 4. The molecule has 20 heteroatoms. The summed E-state index contributed by atoms with van der Waals surface area (Å²) in [5.41, 5.74) is 16.8. The van der Waals surface area contributed by atoms with Crippen LogP contribution in [0.15, 0.2) is 45.1 Å². The fourth-order valence-electron chi connectivity index (χ4n) is 3.86. The van der Waals surface area contributed by atoms with Gasteiger partial charge in [0.1, 0.15) is 46.8 Å². The van der Waals surface area contributed by atoms with Crippen LogP contribution in [0.5, 0.6) is 0 Å². The number of oxime groups is 1. The number of carbonyl (C=O) groups excluding carboxylic acids is 3. The van der Waals surface area contributed by atoms with Gasteiger partial charge in [-0.05, 0) is 5.57 Å². The van der Waals surface area contributed by atoms with Crippen molar-refractivity contribution in [3.05, 3.63) is 40.6 Å². The standard InChI is InChI=1S/C23H26N10O7S3/c1-40-32-14(11-8-43-23(27-11)31-17(35)10(24)6-34)18(36)30-15-19(37)33-16(21(38)39)9(7-42-20(15)33)3-2-4-41-13-5-12(25)28-22(26)29-13/h2-3,5,8,10,15,20,34H,4,6-7,24H2,1H3,(H,30,36)(H,38,39)(H,27,31,35)(H4,25,26,28,29)/b3-2+,32-14?/t10-,15?,20?/m0/s1. The lowest BCUT2D eigenvalue weighted by molar-refractivity contribution is -0.150. The van der Waals surface area contributed by atoms with E-state index in [2.05, 4.69) is 30.7 Å². The Bertz CT molecular complexity index is 1510. The van der Waals surface area contributed by atoms with Crippen molar-refractivity contribution in [1.29, 1.82) is 0 Å². The summed E-state index contributed by atoms with van der Waals surface area (Å²) in [7, 11) is 1.21. The molecule has 2 aromatic heterocycles. The Balaban J connectivity index is 1.42. The quantitative estimate of drug-likeness (QED) is 0.0467. The molecule has 4 heterocycles. The monoisotopic (exact) mass is 650 g/mol. The number of fused-ring (bicyclic) bond motifs is 1. The van der Waals surface area contributed by atoms with Gasteiger partial charge in [0.2, 0.25) is 11.9 Å². The van der Waals surface area contributed by atoms with Crippen molar-refractivity contribution in [2.24, 2.45) is 10.9 Å². The Morgan fingerprint density at radius 2 is 2.09 bits per heavy atom. The molecule has 17 nitrogen and oxygen atoms in total. The van der Waals surface area contributed by atoms with Crippen LogP contribution in [0.3, 0.4) is 0 Å². The molecule has 1 fully saturated rings. The van der Waals surface area contributed by atoms with Crippen LogP contribution in [-0.4, -0.2) is 102 Å². The minimum atomic E-state index is -1.29. The van der Waals surface area contributed by atoms with Crippen molar-refractivity contribution in [3.63, 3.8) is 0 Å². The van der Waals surface area contributed by atoms with Crippen molar-refractivity contribution >= 4 is 81.2 Å². The highest BCUT2D eigenvalue weighted by molar-refractivity contribution is 8.00. The van der Waals surface area contributed by atoms with E-state index < -0.39 is 47.8 Å². The van der Waals surface area contributed by atoms with Gasteiger partial charge in [0.05, 0.1) is 6.61 Å². The molecule has 0 aromatic carbocycles. The van der Waals surface area contributed by atoms with E-state index in [1.807, 2.05) is 0 Å². The third kappa shape index (κ3) is 7.22. The molecule has 2 aliphatic heterocycles. The van der Waals surface area contributed by atoms with Crippen LogP contribution in [0.25, 0.3) is 0 Å². The smallest absolute Gasteiger partial charge is 0.352 e. The molecule has 10 N–H and O–H groups in total. The number of hydrogen-bond acceptors (Lipinski definition) is 16. The fourth-order valence-corrected chi connectivity index (χ4v) is 6.60. The highest BCUT2D eigenvalue weighted by Gasteiger charge is 2.54. The normalized spacial score (nSPS) is 19.1. The van der Waals surface area contributed by atoms with Crippen LogP contribution in [0.2, 0.25) is 0 Å². The zero-order valence-corrected chi connectivity index (χ0v) is 24.7. The largest absolute Gasteiger partial charge is 0.477 e. The first kappa shape index (κ1) is 31.7. The second kappa shape index (κ2) is 13.8. The number of thiazole rings is 1. The Morgan fingerprint density at radius 3 is 2.77 bits per heavy atom. The molecule has 3 atom stereocenters. The van der Waals surface area contributed by atoms with E-state index in [1.165, 1.54) is 36.0 Å². The van der Waals surface area contributed by atoms with Crippen LogP contribution in [0.4, 0.5) is 16.9 Å². The number of allylic oxidation sites excluding steroid dienone is 1. The van der Waals surface area contributed by atoms with Gasteiger partial charge >= 0.3 is 5.97 Å². The number of β-lactam (4-membered cyclic amide) rings is 1. The molecule has 2 unspecified atom stereocenters. The van der Waals surface area contributed by atoms with Gasteiger partial charge in [0, 0.05) is 23.0 Å². The molecule has 2 aliphatic rings. The molecule has 4 rings (SSSR count). The lowest BCUT2D eigenvalue weighted by Crippen LogP contribution is -2.71. The first-order chi connectivity index (χ1) is 20.5. The van der Waals surface area contributed by atoms with E-state index in [9.17, 15) is 24.3 Å². The minimum Gasteiger partial charge on any atom is -0.477 e. The second-order valence-electron chi connectivity index (χ2n) is 8.68. The summed E-state index contributed by atoms with van der Waals surface area (Å²) in [6, 6.07) is -0.634. The number of nitrogens with one attached hydrogen (secondary N) is 2. The number of aromatic nitrogens is 3. The lowest BCUT2D eigenvalue weighted by atomic mass is 10.0. The molecular weight excluding hydrogens is 625 g/mol. The molecular formula is C23H26N10O7S3. The molecule has 0 aliphatic carbocycles. The highest BCUT2D eigenvalue weighted by Crippen LogP contribution is 2.40. The predicted molar refractivity (Wildman–Crippen MR) is 160 cm³/mol. The number of thioether (sulfide) groups is 2. The number of aliphatic carboxylic acids is 1. The Morgan fingerprint density at radius 1 is 1.33 bits per heavy atom. The summed E-state index contributed by atoms with van der Waals surface area (Å²) in [5, 5.41) is 29.0. The van der Waals surface area contributed by atoms with Gasteiger partial charge in [0.15, 0.2) is 10.8 Å². The molecule has 0 saturated carbocycles. The van der Waals surface area contributed by atoms with Crippen molar-refractivity contribution in [1.82, 2.24) is 25.2 Å². The molecule has 1 saturated heterocycles. The van der Waals surface area contributed by atoms with E-state index >= 15 is 0 Å². The zero-order valence-electron chi connectivity index (χ0n) is 22.3. The second-order valence-corrected chi connectivity index (χ2v) is 11.7. The van der Waals surface area contributed by atoms with Crippen LogP contribution < -0.4 is 27.8 Å². The van der Waals surface area contributed by atoms with Crippen molar-refractivity contribution in [3.8, 4) is 0 Å². The van der Waals surface area contributed by atoms with Gasteiger partial charge in [-0.25, -0.2) is 14.8 Å². The third-order valence-corrected chi connectivity index (χ3v) is 8.71.